The van der Waals surface area contributed by atoms with Crippen LogP contribution >= 0.6 is 47.8 Å². The predicted molar refractivity (Wildman–Crippen MR) is 106 cm³/mol. The Bertz CT molecular complexity index is 600. The van der Waals surface area contributed by atoms with E-state index in [0.717, 1.165) is 8.95 Å². The van der Waals surface area contributed by atoms with E-state index in [9.17, 15) is 0 Å². The van der Waals surface area contributed by atoms with Gasteiger partial charge in [-0.15, -0.1) is 0 Å². The molecule has 0 N–H and O–H groups in total. The molecule has 0 fully saturated rings. The molecule has 0 aliphatic carbocycles. The molecule has 0 aromatic heterocycles. The van der Waals surface area contributed by atoms with Gasteiger partial charge in [-0.2, -0.15) is 0 Å². The minimum absolute atomic E-state index is 0.0558. The van der Waals surface area contributed by atoms with Crippen LogP contribution in [0.3, 0.4) is 0 Å². The fourth-order valence-electron chi connectivity index (χ4n) is 2.35. The van der Waals surface area contributed by atoms with Gasteiger partial charge in [0.15, 0.2) is 0 Å². The largest absolute Gasteiger partial charge is 0.139 e. The first kappa shape index (κ1) is 17.3. The van der Waals surface area contributed by atoms with Crippen LogP contribution in [0, 0.1) is 13.8 Å². The molecule has 0 radical (unpaired) electrons. The smallest absolute Gasteiger partial charge is 0.0847 e. The summed E-state index contributed by atoms with van der Waals surface area (Å²) in [6, 6.07) is 8.98. The Morgan fingerprint density at radius 2 is 1.14 bits per heavy atom. The third-order valence-corrected chi connectivity index (χ3v) is 6.80. The van der Waals surface area contributed by atoms with E-state index in [4.69, 9.17) is 0 Å². The highest BCUT2D eigenvalue weighted by molar-refractivity contribution is 9.11. The summed E-state index contributed by atoms with van der Waals surface area (Å²) in [6.45, 7) is 8.80. The monoisotopic (exact) mass is 470 g/mol. The van der Waals surface area contributed by atoms with Gasteiger partial charge in [-0.3, -0.25) is 0 Å². The highest BCUT2D eigenvalue weighted by Gasteiger charge is 2.25. The van der Waals surface area contributed by atoms with Crippen LogP contribution in [0.5, 0.6) is 0 Å². The van der Waals surface area contributed by atoms with Crippen LogP contribution < -0.4 is 5.46 Å². The Morgan fingerprint density at radius 1 is 0.762 bits per heavy atom. The Labute approximate surface area is 153 Å². The number of hydrogen-bond donors (Lipinski definition) is 0. The van der Waals surface area contributed by atoms with Crippen LogP contribution in [0.25, 0.3) is 0 Å². The molecule has 2 aromatic carbocycles. The molecule has 0 aliphatic rings. The summed E-state index contributed by atoms with van der Waals surface area (Å²) in [6.07, 6.45) is 0. The van der Waals surface area contributed by atoms with Gasteiger partial charge in [-0.1, -0.05) is 73.2 Å². The summed E-state index contributed by atoms with van der Waals surface area (Å²) in [4.78, 5) is 0. The first-order valence-corrected chi connectivity index (χ1v) is 9.26. The third kappa shape index (κ3) is 3.33. The average molecular weight is 473 g/mol. The van der Waals surface area contributed by atoms with E-state index >= 15 is 0 Å². The minimum Gasteiger partial charge on any atom is -0.0847 e. The average Bonchev–Trinajstić information content (AvgIpc) is 2.40. The Morgan fingerprint density at radius 3 is 1.57 bits per heavy atom. The molecule has 4 heteroatoms. The highest BCUT2D eigenvalue weighted by atomic mass is 79.9. The zero-order valence-electron chi connectivity index (χ0n) is 12.9. The lowest BCUT2D eigenvalue weighted by Crippen LogP contribution is -2.22. The second kappa shape index (κ2) is 6.21. The number of hydrogen-bond acceptors (Lipinski definition) is 0. The molecular formula is C17H18BBr3. The molecule has 0 nitrogen and oxygen atoms in total. The van der Waals surface area contributed by atoms with Crippen LogP contribution in [0.1, 0.15) is 36.1 Å². The lowest BCUT2D eigenvalue weighted by Gasteiger charge is -2.28. The van der Waals surface area contributed by atoms with Gasteiger partial charge in [0.05, 0.1) is 0 Å². The molecule has 0 atom stereocenters. The van der Waals surface area contributed by atoms with Crippen molar-refractivity contribution in [3.63, 3.8) is 0 Å². The maximum absolute atomic E-state index is 3.68. The van der Waals surface area contributed by atoms with E-state index < -0.39 is 0 Å². The van der Waals surface area contributed by atoms with E-state index in [-0.39, 0.29) is 5.41 Å². The van der Waals surface area contributed by atoms with E-state index in [1.807, 2.05) is 0 Å². The third-order valence-electron chi connectivity index (χ3n) is 4.33. The minimum atomic E-state index is -0.0558. The van der Waals surface area contributed by atoms with Crippen molar-refractivity contribution in [3.05, 3.63) is 59.9 Å². The second-order valence-electron chi connectivity index (χ2n) is 6.09. The summed E-state index contributed by atoms with van der Waals surface area (Å²) in [5, 5.41) is 0. The van der Waals surface area contributed by atoms with Crippen LogP contribution in [0.2, 0.25) is 0 Å². The maximum atomic E-state index is 3.68. The molecule has 110 valence electrons. The summed E-state index contributed by atoms with van der Waals surface area (Å²) >= 11 is 11.0. The van der Waals surface area contributed by atoms with E-state index in [0.29, 0.717) is 0 Å². The zero-order chi connectivity index (χ0) is 15.9. The van der Waals surface area contributed by atoms with Crippen molar-refractivity contribution in [2.24, 2.45) is 0 Å². The van der Waals surface area contributed by atoms with Crippen molar-refractivity contribution in [2.45, 2.75) is 33.1 Å². The van der Waals surface area contributed by atoms with Gasteiger partial charge in [0.2, 0.25) is 0 Å². The van der Waals surface area contributed by atoms with Gasteiger partial charge < -0.3 is 0 Å². The number of halogens is 3. The van der Waals surface area contributed by atoms with Crippen LogP contribution in [-0.4, -0.2) is 7.85 Å². The zero-order valence-corrected chi connectivity index (χ0v) is 17.7. The molecule has 21 heavy (non-hydrogen) atoms. The fourth-order valence-corrected chi connectivity index (χ4v) is 4.10. The highest BCUT2D eigenvalue weighted by Crippen LogP contribution is 2.37. The van der Waals surface area contributed by atoms with Crippen LogP contribution in [-0.2, 0) is 5.41 Å². The molecular weight excluding hydrogens is 455 g/mol. The molecule has 0 amide bonds. The van der Waals surface area contributed by atoms with E-state index in [1.54, 1.807) is 0 Å². The molecule has 0 aliphatic heterocycles. The van der Waals surface area contributed by atoms with Crippen molar-refractivity contribution in [2.75, 3.05) is 0 Å². The lowest BCUT2D eigenvalue weighted by atomic mass is 9.75. The van der Waals surface area contributed by atoms with Gasteiger partial charge in [-0.25, -0.2) is 0 Å². The standard InChI is InChI=1S/C17H18BBr3/c1-9-13(18)5-11(6-14(9)19)17(3,4)12-7-15(20)10(2)16(21)8-12/h5-8H,18H2,1-4H3. The van der Waals surface area contributed by atoms with Gasteiger partial charge in [0.25, 0.3) is 0 Å². The Balaban J connectivity index is 2.61. The second-order valence-corrected chi connectivity index (χ2v) is 8.65. The van der Waals surface area contributed by atoms with Gasteiger partial charge >= 0.3 is 0 Å². The maximum Gasteiger partial charge on any atom is 0.139 e. The SMILES string of the molecule is Bc1cc(C(C)(C)c2cc(Br)c(C)c(Br)c2)cc(Br)c1C. The molecule has 0 saturated heterocycles. The molecule has 2 aromatic rings. The van der Waals surface area contributed by atoms with E-state index in [2.05, 4.69) is 108 Å². The molecule has 0 saturated carbocycles. The van der Waals surface area contributed by atoms with Crippen molar-refractivity contribution < 1.29 is 0 Å². The number of benzene rings is 2. The summed E-state index contributed by atoms with van der Waals surface area (Å²) in [7, 11) is 2.17. The van der Waals surface area contributed by atoms with Gasteiger partial charge in [0, 0.05) is 18.8 Å². The van der Waals surface area contributed by atoms with Crippen LogP contribution in [0.4, 0.5) is 0 Å². The first-order valence-electron chi connectivity index (χ1n) is 6.88. The summed E-state index contributed by atoms with van der Waals surface area (Å²) < 4.78 is 3.46. The topological polar surface area (TPSA) is 0 Å². The molecule has 0 unspecified atom stereocenters. The van der Waals surface area contributed by atoms with Crippen molar-refractivity contribution >= 4 is 61.1 Å². The Hall–Kier alpha value is -0.0551. The fraction of sp³-hybridized carbons (Fsp3) is 0.294. The molecule has 0 spiro atoms. The molecule has 0 heterocycles. The van der Waals surface area contributed by atoms with Crippen molar-refractivity contribution in [1.82, 2.24) is 0 Å². The quantitative estimate of drug-likeness (QED) is 0.529. The van der Waals surface area contributed by atoms with Crippen LogP contribution in [0.15, 0.2) is 37.7 Å². The summed E-state index contributed by atoms with van der Waals surface area (Å²) in [5.41, 5.74) is 6.41. The van der Waals surface area contributed by atoms with Crippen molar-refractivity contribution in [1.29, 1.82) is 0 Å². The first-order chi connectivity index (χ1) is 9.64. The van der Waals surface area contributed by atoms with E-state index in [1.165, 1.54) is 32.2 Å². The lowest BCUT2D eigenvalue weighted by molar-refractivity contribution is 0.639. The normalized spacial score (nSPS) is 11.8. The number of rotatable bonds is 2. The summed E-state index contributed by atoms with van der Waals surface area (Å²) in [5.74, 6) is 0. The van der Waals surface area contributed by atoms with Crippen molar-refractivity contribution in [3.8, 4) is 0 Å². The molecule has 2 rings (SSSR count). The van der Waals surface area contributed by atoms with Gasteiger partial charge in [0.1, 0.15) is 7.85 Å². The molecule has 0 bridgehead atoms. The Kier molecular flexibility index (Phi) is 5.12. The van der Waals surface area contributed by atoms with Gasteiger partial charge in [-0.05, 0) is 54.3 Å². The predicted octanol–water partition coefficient (Wildman–Crippen LogP) is 5.18.